The molecule has 1 aromatic heterocycles. The van der Waals surface area contributed by atoms with Gasteiger partial charge in [0.1, 0.15) is 4.90 Å². The average molecular weight is 433 g/mol. The summed E-state index contributed by atoms with van der Waals surface area (Å²) in [5.74, 6) is 0.0179. The first-order valence-electron chi connectivity index (χ1n) is 6.02. The molecule has 4 nitrogen and oxygen atoms in total. The van der Waals surface area contributed by atoms with E-state index < -0.39 is 10.0 Å². The molecular formula is C11H15Br2NO3S2. The number of hydrogen-bond donors (Lipinski definition) is 2. The van der Waals surface area contributed by atoms with Gasteiger partial charge in [-0.25, -0.2) is 13.1 Å². The van der Waals surface area contributed by atoms with E-state index in [1.54, 1.807) is 6.07 Å². The third kappa shape index (κ3) is 3.79. The van der Waals surface area contributed by atoms with Crippen LogP contribution >= 0.6 is 43.2 Å². The number of halogens is 2. The van der Waals surface area contributed by atoms with E-state index in [9.17, 15) is 13.5 Å². The molecule has 2 rings (SSSR count). The van der Waals surface area contributed by atoms with E-state index in [1.807, 2.05) is 0 Å². The third-order valence-electron chi connectivity index (χ3n) is 3.37. The molecule has 2 unspecified atom stereocenters. The molecule has 2 N–H and O–H groups in total. The van der Waals surface area contributed by atoms with Crippen LogP contribution in [0.4, 0.5) is 0 Å². The fourth-order valence-electron chi connectivity index (χ4n) is 2.35. The molecule has 1 aliphatic carbocycles. The zero-order chi connectivity index (χ0) is 14.0. The van der Waals surface area contributed by atoms with Crippen molar-refractivity contribution < 1.29 is 13.5 Å². The van der Waals surface area contributed by atoms with E-state index in [2.05, 4.69) is 36.6 Å². The van der Waals surface area contributed by atoms with Crippen LogP contribution in [0.5, 0.6) is 0 Å². The number of aliphatic hydroxyl groups is 1. The van der Waals surface area contributed by atoms with Gasteiger partial charge in [-0.2, -0.15) is 0 Å². The molecule has 1 saturated carbocycles. The van der Waals surface area contributed by atoms with Crippen LogP contribution in [0.1, 0.15) is 25.7 Å². The van der Waals surface area contributed by atoms with Crippen molar-refractivity contribution in [2.24, 2.45) is 5.92 Å². The van der Waals surface area contributed by atoms with Gasteiger partial charge in [-0.15, -0.1) is 11.3 Å². The van der Waals surface area contributed by atoms with Crippen molar-refractivity contribution in [1.82, 2.24) is 4.72 Å². The number of nitrogens with one attached hydrogen (secondary N) is 1. The summed E-state index contributed by atoms with van der Waals surface area (Å²) in [7, 11) is -3.54. The molecule has 1 fully saturated rings. The molecule has 1 aromatic rings. The van der Waals surface area contributed by atoms with E-state index in [-0.39, 0.29) is 23.5 Å². The minimum atomic E-state index is -3.54. The van der Waals surface area contributed by atoms with Gasteiger partial charge in [0, 0.05) is 12.6 Å². The Morgan fingerprint density at radius 2 is 2.05 bits per heavy atom. The molecule has 0 aliphatic heterocycles. The predicted octanol–water partition coefficient (Wildman–Crippen LogP) is 3.10. The maximum atomic E-state index is 12.4. The highest BCUT2D eigenvalue weighted by molar-refractivity contribution is 9.12. The van der Waals surface area contributed by atoms with Crippen molar-refractivity contribution in [3.63, 3.8) is 0 Å². The van der Waals surface area contributed by atoms with Crippen LogP contribution in [0, 0.1) is 5.92 Å². The fourth-order valence-corrected chi connectivity index (χ4v) is 7.50. The Morgan fingerprint density at radius 3 is 2.63 bits per heavy atom. The summed E-state index contributed by atoms with van der Waals surface area (Å²) >= 11 is 7.88. The zero-order valence-corrected chi connectivity index (χ0v) is 14.9. The van der Waals surface area contributed by atoms with E-state index in [0.29, 0.717) is 3.79 Å². The van der Waals surface area contributed by atoms with E-state index in [0.717, 1.165) is 29.5 Å². The molecule has 0 amide bonds. The van der Waals surface area contributed by atoms with E-state index in [4.69, 9.17) is 0 Å². The van der Waals surface area contributed by atoms with Crippen LogP contribution in [0.3, 0.4) is 0 Å². The van der Waals surface area contributed by atoms with Crippen LogP contribution in [0.15, 0.2) is 18.5 Å². The van der Waals surface area contributed by atoms with Crippen LogP contribution in [-0.4, -0.2) is 26.2 Å². The monoisotopic (exact) mass is 431 g/mol. The summed E-state index contributed by atoms with van der Waals surface area (Å²) in [5.41, 5.74) is 0. The molecule has 1 heterocycles. The summed E-state index contributed by atoms with van der Waals surface area (Å²) in [6.07, 6.45) is 3.71. The molecule has 0 radical (unpaired) electrons. The Morgan fingerprint density at radius 1 is 1.37 bits per heavy atom. The first kappa shape index (κ1) is 15.9. The first-order chi connectivity index (χ1) is 8.94. The summed E-state index contributed by atoms with van der Waals surface area (Å²) in [6.45, 7) is 0.0295. The summed E-state index contributed by atoms with van der Waals surface area (Å²) in [5, 5.41) is 9.34. The lowest BCUT2D eigenvalue weighted by Crippen LogP contribution is -2.43. The minimum Gasteiger partial charge on any atom is -0.396 e. The molecule has 108 valence electrons. The lowest BCUT2D eigenvalue weighted by molar-refractivity contribution is 0.164. The van der Waals surface area contributed by atoms with Crippen molar-refractivity contribution in [2.75, 3.05) is 6.61 Å². The number of hydrogen-bond acceptors (Lipinski definition) is 4. The van der Waals surface area contributed by atoms with Gasteiger partial charge in [0.2, 0.25) is 10.0 Å². The lowest BCUT2D eigenvalue weighted by Gasteiger charge is -2.30. The van der Waals surface area contributed by atoms with Gasteiger partial charge in [-0.3, -0.25) is 0 Å². The highest BCUT2D eigenvalue weighted by atomic mass is 79.9. The van der Waals surface area contributed by atoms with Crippen LogP contribution in [0.25, 0.3) is 0 Å². The van der Waals surface area contributed by atoms with Gasteiger partial charge in [-0.05, 0) is 56.7 Å². The normalized spacial score (nSPS) is 24.6. The van der Waals surface area contributed by atoms with Crippen molar-refractivity contribution in [3.05, 3.63) is 13.6 Å². The molecule has 8 heteroatoms. The molecule has 0 saturated heterocycles. The Labute approximate surface area is 133 Å². The topological polar surface area (TPSA) is 66.4 Å². The number of rotatable bonds is 4. The third-order valence-corrected chi connectivity index (χ3v) is 7.61. The Bertz CT molecular complexity index is 544. The summed E-state index contributed by atoms with van der Waals surface area (Å²) in [6, 6.07) is 1.42. The largest absolute Gasteiger partial charge is 0.396 e. The average Bonchev–Trinajstić information content (AvgIpc) is 2.69. The molecule has 1 aliphatic rings. The van der Waals surface area contributed by atoms with Gasteiger partial charge >= 0.3 is 0 Å². The molecule has 0 bridgehead atoms. The second-order valence-electron chi connectivity index (χ2n) is 4.64. The summed E-state index contributed by atoms with van der Waals surface area (Å²) in [4.78, 5) is 0.256. The quantitative estimate of drug-likeness (QED) is 0.767. The minimum absolute atomic E-state index is 0.0179. The smallest absolute Gasteiger partial charge is 0.242 e. The summed E-state index contributed by atoms with van der Waals surface area (Å²) < 4.78 is 28.8. The maximum absolute atomic E-state index is 12.4. The van der Waals surface area contributed by atoms with Gasteiger partial charge in [0.05, 0.1) is 7.57 Å². The number of thiophene rings is 1. The Kier molecular flexibility index (Phi) is 5.47. The van der Waals surface area contributed by atoms with Crippen molar-refractivity contribution in [3.8, 4) is 0 Å². The van der Waals surface area contributed by atoms with Gasteiger partial charge in [-0.1, -0.05) is 12.8 Å². The second kappa shape index (κ2) is 6.53. The van der Waals surface area contributed by atoms with Crippen molar-refractivity contribution in [1.29, 1.82) is 0 Å². The van der Waals surface area contributed by atoms with E-state index in [1.165, 1.54) is 11.3 Å². The molecular weight excluding hydrogens is 418 g/mol. The van der Waals surface area contributed by atoms with Crippen LogP contribution < -0.4 is 4.72 Å². The molecule has 0 spiro atoms. The van der Waals surface area contributed by atoms with Gasteiger partial charge in [0.15, 0.2) is 0 Å². The molecule has 0 aromatic carbocycles. The number of aliphatic hydroxyl groups excluding tert-OH is 1. The highest BCUT2D eigenvalue weighted by Crippen LogP contribution is 2.35. The predicted molar refractivity (Wildman–Crippen MR) is 82.9 cm³/mol. The van der Waals surface area contributed by atoms with Gasteiger partial charge < -0.3 is 5.11 Å². The van der Waals surface area contributed by atoms with Gasteiger partial charge in [0.25, 0.3) is 0 Å². The first-order valence-corrected chi connectivity index (χ1v) is 9.90. The SMILES string of the molecule is O=S(=O)(NC1CCCCC1CO)c1cc(Br)sc1Br. The number of sulfonamides is 1. The standard InChI is InChI=1S/C11H15Br2NO3S2/c12-10-5-9(11(13)18-10)19(16,17)14-8-4-2-1-3-7(8)6-15/h5,7-8,14-15H,1-4,6H2. The van der Waals surface area contributed by atoms with Crippen LogP contribution in [0.2, 0.25) is 0 Å². The molecule has 2 atom stereocenters. The van der Waals surface area contributed by atoms with Crippen molar-refractivity contribution >= 4 is 53.2 Å². The van der Waals surface area contributed by atoms with Crippen molar-refractivity contribution in [2.45, 2.75) is 36.6 Å². The zero-order valence-electron chi connectivity index (χ0n) is 10.1. The van der Waals surface area contributed by atoms with E-state index >= 15 is 0 Å². The fraction of sp³-hybridized carbons (Fsp3) is 0.636. The molecule has 19 heavy (non-hydrogen) atoms. The Balaban J connectivity index is 2.19. The maximum Gasteiger partial charge on any atom is 0.242 e. The lowest BCUT2D eigenvalue weighted by atomic mass is 9.86. The second-order valence-corrected chi connectivity index (χ2v) is 10.1. The Hall–Kier alpha value is 0.530. The highest BCUT2D eigenvalue weighted by Gasteiger charge is 2.30. The van der Waals surface area contributed by atoms with Crippen LogP contribution in [-0.2, 0) is 10.0 Å².